The summed E-state index contributed by atoms with van der Waals surface area (Å²) in [5.41, 5.74) is 12.5. The Labute approximate surface area is 336 Å². The van der Waals surface area contributed by atoms with E-state index in [1.54, 1.807) is 0 Å². The van der Waals surface area contributed by atoms with Crippen molar-refractivity contribution in [3.05, 3.63) is 199 Å². The van der Waals surface area contributed by atoms with Crippen LogP contribution in [0.2, 0.25) is 0 Å². The molecule has 2 heterocycles. The highest BCUT2D eigenvalue weighted by atomic mass is 16.3. The van der Waals surface area contributed by atoms with Crippen LogP contribution in [0.1, 0.15) is 30.5 Å². The van der Waals surface area contributed by atoms with E-state index in [4.69, 9.17) is 4.42 Å². The van der Waals surface area contributed by atoms with E-state index in [9.17, 15) is 0 Å². The molecule has 0 saturated carbocycles. The van der Waals surface area contributed by atoms with Crippen molar-refractivity contribution in [2.24, 2.45) is 0 Å². The van der Waals surface area contributed by atoms with Gasteiger partial charge in [-0.3, -0.25) is 0 Å². The molecule has 0 radical (unpaired) electrons. The summed E-state index contributed by atoms with van der Waals surface area (Å²) < 4.78 is 8.97. The van der Waals surface area contributed by atoms with Crippen molar-refractivity contribution in [3.63, 3.8) is 0 Å². The van der Waals surface area contributed by atoms with Crippen LogP contribution in [0.5, 0.6) is 0 Å². The summed E-state index contributed by atoms with van der Waals surface area (Å²) in [5.74, 6) is 0.414. The maximum atomic E-state index is 6.46. The summed E-state index contributed by atoms with van der Waals surface area (Å²) in [7, 11) is 0. The number of nitrogens with zero attached hydrogens (tertiary/aromatic N) is 2. The van der Waals surface area contributed by atoms with Crippen LogP contribution in [0.15, 0.2) is 192 Å². The molecule has 3 nitrogen and oxygen atoms in total. The minimum atomic E-state index is 0.414. The van der Waals surface area contributed by atoms with Crippen LogP contribution < -0.4 is 4.90 Å². The average molecular weight is 743 g/mol. The lowest BCUT2D eigenvalue weighted by Crippen LogP contribution is -2.10. The molecule has 12 rings (SSSR count). The van der Waals surface area contributed by atoms with E-state index in [1.807, 2.05) is 12.1 Å². The quantitative estimate of drug-likeness (QED) is 0.164. The molecule has 11 aromatic rings. The Morgan fingerprint density at radius 1 is 0.483 bits per heavy atom. The molecule has 0 N–H and O–H groups in total. The normalized spacial score (nSPS) is 14.0. The number of para-hydroxylation sites is 3. The molecular formula is C55H38N2O. The number of hydrogen-bond acceptors (Lipinski definition) is 2. The van der Waals surface area contributed by atoms with Gasteiger partial charge in [0.15, 0.2) is 0 Å². The zero-order valence-corrected chi connectivity index (χ0v) is 32.1. The molecule has 0 spiro atoms. The van der Waals surface area contributed by atoms with Gasteiger partial charge < -0.3 is 13.9 Å². The van der Waals surface area contributed by atoms with Crippen LogP contribution in [0.4, 0.5) is 17.1 Å². The van der Waals surface area contributed by atoms with Gasteiger partial charge in [0.2, 0.25) is 0 Å². The summed E-state index contributed by atoms with van der Waals surface area (Å²) in [6.45, 7) is 2.35. The maximum absolute atomic E-state index is 6.46. The first-order valence-electron chi connectivity index (χ1n) is 20.2. The minimum Gasteiger partial charge on any atom is -0.456 e. The van der Waals surface area contributed by atoms with E-state index in [0.717, 1.165) is 45.4 Å². The van der Waals surface area contributed by atoms with Crippen LogP contribution in [0.25, 0.3) is 88.0 Å². The van der Waals surface area contributed by atoms with Crippen LogP contribution in [0, 0.1) is 0 Å². The summed E-state index contributed by atoms with van der Waals surface area (Å²) in [6, 6.07) is 66.2. The fourth-order valence-electron chi connectivity index (χ4n) is 9.75. The maximum Gasteiger partial charge on any atom is 0.137 e. The first-order valence-corrected chi connectivity index (χ1v) is 20.2. The topological polar surface area (TPSA) is 21.3 Å². The van der Waals surface area contributed by atoms with E-state index in [-0.39, 0.29) is 0 Å². The van der Waals surface area contributed by atoms with Crippen LogP contribution in [0.3, 0.4) is 0 Å². The van der Waals surface area contributed by atoms with Crippen molar-refractivity contribution in [2.75, 3.05) is 4.90 Å². The van der Waals surface area contributed by atoms with Crippen molar-refractivity contribution < 1.29 is 4.42 Å². The van der Waals surface area contributed by atoms with Crippen molar-refractivity contribution in [1.29, 1.82) is 0 Å². The molecule has 1 aliphatic rings. The van der Waals surface area contributed by atoms with E-state index in [2.05, 4.69) is 198 Å². The van der Waals surface area contributed by atoms with E-state index in [0.29, 0.717) is 5.92 Å². The predicted octanol–water partition coefficient (Wildman–Crippen LogP) is 15.6. The molecule has 58 heavy (non-hydrogen) atoms. The van der Waals surface area contributed by atoms with Gasteiger partial charge in [-0.1, -0.05) is 140 Å². The van der Waals surface area contributed by atoms with Gasteiger partial charge in [-0.25, -0.2) is 0 Å². The summed E-state index contributed by atoms with van der Waals surface area (Å²) in [6.07, 6.45) is 5.68. The number of aromatic nitrogens is 1. The molecule has 3 heteroatoms. The van der Waals surface area contributed by atoms with Crippen molar-refractivity contribution >= 4 is 88.3 Å². The third kappa shape index (κ3) is 4.93. The monoisotopic (exact) mass is 742 g/mol. The molecule has 1 unspecified atom stereocenters. The highest BCUT2D eigenvalue weighted by Gasteiger charge is 2.25. The molecular weight excluding hydrogens is 705 g/mol. The largest absolute Gasteiger partial charge is 0.456 e. The van der Waals surface area contributed by atoms with Gasteiger partial charge in [-0.05, 0) is 98.9 Å². The Morgan fingerprint density at radius 2 is 1.03 bits per heavy atom. The zero-order chi connectivity index (χ0) is 38.3. The van der Waals surface area contributed by atoms with Gasteiger partial charge in [0.25, 0.3) is 0 Å². The Kier molecular flexibility index (Phi) is 7.27. The molecule has 2 aromatic heterocycles. The molecule has 0 fully saturated rings. The van der Waals surface area contributed by atoms with Gasteiger partial charge in [0, 0.05) is 62.0 Å². The third-order valence-corrected chi connectivity index (χ3v) is 12.4. The molecule has 0 aliphatic heterocycles. The first-order chi connectivity index (χ1) is 28.7. The van der Waals surface area contributed by atoms with Crippen LogP contribution in [-0.4, -0.2) is 4.57 Å². The zero-order valence-electron chi connectivity index (χ0n) is 32.1. The molecule has 0 bridgehead atoms. The van der Waals surface area contributed by atoms with E-state index in [1.165, 1.54) is 71.3 Å². The Balaban J connectivity index is 1.04. The molecule has 9 aromatic carbocycles. The Bertz CT molecular complexity index is 3420. The predicted molar refractivity (Wildman–Crippen MR) is 245 cm³/mol. The number of benzene rings is 9. The van der Waals surface area contributed by atoms with Crippen LogP contribution in [-0.2, 0) is 0 Å². The van der Waals surface area contributed by atoms with Crippen molar-refractivity contribution in [1.82, 2.24) is 4.57 Å². The summed E-state index contributed by atoms with van der Waals surface area (Å²) in [5, 5.41) is 11.1. The highest BCUT2D eigenvalue weighted by molar-refractivity contribution is 6.25. The average Bonchev–Trinajstić information content (AvgIpc) is 3.83. The fraction of sp³-hybridized carbons (Fsp3) is 0.0545. The smallest absolute Gasteiger partial charge is 0.137 e. The number of fused-ring (bicyclic) bond motifs is 12. The highest BCUT2D eigenvalue weighted by Crippen LogP contribution is 2.45. The Hall–Kier alpha value is -7.36. The number of hydrogen-bond donors (Lipinski definition) is 0. The first kappa shape index (κ1) is 32.8. The van der Waals surface area contributed by atoms with Crippen molar-refractivity contribution in [3.8, 4) is 16.8 Å². The number of rotatable bonds is 5. The second kappa shape index (κ2) is 12.8. The molecule has 1 atom stereocenters. The number of furan rings is 1. The van der Waals surface area contributed by atoms with Gasteiger partial charge >= 0.3 is 0 Å². The van der Waals surface area contributed by atoms with Gasteiger partial charge in [0.05, 0.1) is 11.2 Å². The fourth-order valence-corrected chi connectivity index (χ4v) is 9.75. The number of anilines is 3. The molecule has 1 aliphatic carbocycles. The number of allylic oxidation sites excluding steroid dienone is 1. The minimum absolute atomic E-state index is 0.414. The lowest BCUT2D eigenvalue weighted by atomic mass is 9.93. The molecule has 0 saturated heterocycles. The Morgan fingerprint density at radius 3 is 1.79 bits per heavy atom. The lowest BCUT2D eigenvalue weighted by molar-refractivity contribution is 0.669. The summed E-state index contributed by atoms with van der Waals surface area (Å²) >= 11 is 0. The molecule has 274 valence electrons. The van der Waals surface area contributed by atoms with Gasteiger partial charge in [0.1, 0.15) is 11.2 Å². The van der Waals surface area contributed by atoms with E-state index >= 15 is 0 Å². The lowest BCUT2D eigenvalue weighted by Gasteiger charge is -2.26. The third-order valence-electron chi connectivity index (χ3n) is 12.4. The van der Waals surface area contributed by atoms with Gasteiger partial charge in [-0.15, -0.1) is 0 Å². The standard InChI is InChI=1S/C55H38N2O/c1-35-13-12-21-49-46-19-7-10-23-52(46)57(55(35)49)51-22-9-6-14-40(51)36-25-27-37(28-26-36)56(39-30-32-48-47-20-8-11-24-53(47)58-54(48)34-39)38-29-31-45-43-17-3-2-15-41(43)42-16-4-5-18-44(42)50(45)33-38/h2-12,14-35H,13H2,1H3. The summed E-state index contributed by atoms with van der Waals surface area (Å²) in [4.78, 5) is 2.37. The van der Waals surface area contributed by atoms with Gasteiger partial charge in [-0.2, -0.15) is 0 Å². The van der Waals surface area contributed by atoms with Crippen molar-refractivity contribution in [2.45, 2.75) is 19.3 Å². The van der Waals surface area contributed by atoms with Crippen LogP contribution >= 0.6 is 0 Å². The van der Waals surface area contributed by atoms with E-state index < -0.39 is 0 Å². The second-order valence-corrected chi connectivity index (χ2v) is 15.7. The SMILES string of the molecule is CC1CC=Cc2c1n(-c1ccccc1-c1ccc(N(c3ccc4c(c3)oc3ccccc34)c3ccc4c5ccccc5c5ccccc5c4c3)cc1)c1ccccc21. The molecule has 0 amide bonds. The second-order valence-electron chi connectivity index (χ2n) is 15.7.